The molecule has 2 heteroatoms. The monoisotopic (exact) mass is 240 g/mol. The third-order valence-electron chi connectivity index (χ3n) is 3.47. The van der Waals surface area contributed by atoms with E-state index in [2.05, 4.69) is 46.5 Å². The molecule has 1 saturated carbocycles. The largest absolute Gasteiger partial charge is 0.230 e. The van der Waals surface area contributed by atoms with Crippen LogP contribution in [0.4, 0.5) is 0 Å². The Kier molecular flexibility index (Phi) is 4.53. The van der Waals surface area contributed by atoms with Crippen molar-refractivity contribution in [3.05, 3.63) is 13.0 Å². The molecule has 0 heterocycles. The van der Waals surface area contributed by atoms with Crippen LogP contribution in [0.2, 0.25) is 25.7 Å². The maximum Gasteiger partial charge on any atom is 0.230 e. The second-order valence-corrected chi connectivity index (χ2v) is 12.8. The lowest BCUT2D eigenvalue weighted by Gasteiger charge is -2.20. The summed E-state index contributed by atoms with van der Waals surface area (Å²) in [6, 6.07) is 1.34. The molecule has 1 aliphatic rings. The summed E-state index contributed by atoms with van der Waals surface area (Å²) in [6.07, 6.45) is 5.18. The second-order valence-electron chi connectivity index (χ2n) is 7.27. The third-order valence-corrected chi connectivity index (χ3v) is 4.93. The standard InChI is InChI=1S/C14H28OSi/c1-14(2)9-12(7-8-16(4,5)6)13(10-14)11-15-3/h7,11-13H,8-10H2,1-6H3/q+1. The van der Waals surface area contributed by atoms with Gasteiger partial charge in [0.15, 0.2) is 0 Å². The lowest BCUT2D eigenvalue weighted by molar-refractivity contribution is 0.209. The molecular weight excluding hydrogens is 212 g/mol. The minimum absolute atomic E-state index is 0.486. The predicted molar refractivity (Wildman–Crippen MR) is 73.8 cm³/mol. The van der Waals surface area contributed by atoms with Gasteiger partial charge in [-0.2, -0.15) is 4.74 Å². The number of ether oxygens (including phenoxy) is 1. The first-order valence-electron chi connectivity index (χ1n) is 6.43. The first-order valence-corrected chi connectivity index (χ1v) is 10.1. The molecule has 0 aromatic heterocycles. The number of methoxy groups -OCH3 is 1. The Labute approximate surface area is 103 Å². The van der Waals surface area contributed by atoms with Crippen LogP contribution in [-0.4, -0.2) is 15.2 Å². The van der Waals surface area contributed by atoms with Gasteiger partial charge < -0.3 is 0 Å². The van der Waals surface area contributed by atoms with Crippen LogP contribution in [0, 0.1) is 30.3 Å². The maximum atomic E-state index is 5.25. The molecule has 0 N–H and O–H groups in total. The first-order chi connectivity index (χ1) is 7.23. The number of hydrogen-bond acceptors (Lipinski definition) is 1. The molecule has 1 nitrogen and oxygen atoms in total. The van der Waals surface area contributed by atoms with E-state index < -0.39 is 8.07 Å². The molecule has 2 unspecified atom stereocenters. The van der Waals surface area contributed by atoms with Crippen LogP contribution in [0.1, 0.15) is 26.7 Å². The summed E-state index contributed by atoms with van der Waals surface area (Å²) in [4.78, 5) is 0. The fourth-order valence-corrected chi connectivity index (χ4v) is 3.76. The molecule has 0 bridgehead atoms. The topological polar surface area (TPSA) is 9.23 Å². The molecule has 0 aromatic carbocycles. The van der Waals surface area contributed by atoms with Crippen LogP contribution in [0.5, 0.6) is 0 Å². The summed E-state index contributed by atoms with van der Waals surface area (Å²) in [6.45, 7) is 14.1. The van der Waals surface area contributed by atoms with Gasteiger partial charge in [-0.3, -0.25) is 0 Å². The van der Waals surface area contributed by atoms with Crippen LogP contribution in [0.25, 0.3) is 0 Å². The third kappa shape index (κ3) is 4.50. The van der Waals surface area contributed by atoms with E-state index in [1.807, 2.05) is 0 Å². The van der Waals surface area contributed by atoms with Gasteiger partial charge in [-0.15, -0.1) is 0 Å². The Bertz CT molecular complexity index is 217. The van der Waals surface area contributed by atoms with E-state index in [1.165, 1.54) is 18.9 Å². The maximum absolute atomic E-state index is 5.25. The van der Waals surface area contributed by atoms with Crippen molar-refractivity contribution in [2.75, 3.05) is 7.11 Å². The van der Waals surface area contributed by atoms with Gasteiger partial charge in [0.25, 0.3) is 0 Å². The fourth-order valence-electron chi connectivity index (χ4n) is 2.75. The van der Waals surface area contributed by atoms with E-state index in [0.717, 1.165) is 5.92 Å². The molecule has 0 aliphatic heterocycles. The Hall–Kier alpha value is 0.0469. The van der Waals surface area contributed by atoms with Gasteiger partial charge in [0.1, 0.15) is 5.92 Å². The van der Waals surface area contributed by atoms with E-state index in [9.17, 15) is 0 Å². The molecule has 0 aromatic rings. The number of hydrogen-bond donors (Lipinski definition) is 0. The summed E-state index contributed by atoms with van der Waals surface area (Å²) >= 11 is 0. The van der Waals surface area contributed by atoms with Gasteiger partial charge in [-0.25, -0.2) is 0 Å². The predicted octanol–water partition coefficient (Wildman–Crippen LogP) is 4.39. The van der Waals surface area contributed by atoms with Crippen LogP contribution < -0.4 is 0 Å². The van der Waals surface area contributed by atoms with Crippen LogP contribution in [0.15, 0.2) is 0 Å². The molecule has 0 amide bonds. The van der Waals surface area contributed by atoms with Crippen LogP contribution >= 0.6 is 0 Å². The summed E-state index contributed by atoms with van der Waals surface area (Å²) < 4.78 is 5.25. The fraction of sp³-hybridized carbons (Fsp3) is 0.857. The minimum atomic E-state index is -0.934. The van der Waals surface area contributed by atoms with E-state index in [0.29, 0.717) is 11.3 Å². The van der Waals surface area contributed by atoms with Gasteiger partial charge in [0.05, 0.1) is 7.11 Å². The van der Waals surface area contributed by atoms with Crippen molar-refractivity contribution in [1.82, 2.24) is 0 Å². The van der Waals surface area contributed by atoms with Crippen LogP contribution in [-0.2, 0) is 4.74 Å². The quantitative estimate of drug-likeness (QED) is 0.511. The molecule has 1 aliphatic carbocycles. The summed E-state index contributed by atoms with van der Waals surface area (Å²) in [5.41, 5.74) is 0.486. The Morgan fingerprint density at radius 2 is 1.94 bits per heavy atom. The highest BCUT2D eigenvalue weighted by atomic mass is 28.3. The highest BCUT2D eigenvalue weighted by molar-refractivity contribution is 6.76. The average Bonchev–Trinajstić information content (AvgIpc) is 2.37. The van der Waals surface area contributed by atoms with Gasteiger partial charge in [-0.05, 0) is 24.7 Å². The van der Waals surface area contributed by atoms with Crippen molar-refractivity contribution in [2.24, 2.45) is 17.3 Å². The SMILES string of the molecule is CO[CH+]C1CC(C)(C)CC1[CH]C[Si](C)(C)C. The smallest absolute Gasteiger partial charge is 0.200 e. The Balaban J connectivity index is 2.50. The Morgan fingerprint density at radius 3 is 2.44 bits per heavy atom. The molecule has 0 spiro atoms. The van der Waals surface area contributed by atoms with Crippen molar-refractivity contribution in [2.45, 2.75) is 52.4 Å². The molecule has 2 atom stereocenters. The van der Waals surface area contributed by atoms with Crippen molar-refractivity contribution < 1.29 is 4.74 Å². The van der Waals surface area contributed by atoms with E-state index in [1.54, 1.807) is 7.11 Å². The van der Waals surface area contributed by atoms with Crippen molar-refractivity contribution >= 4 is 8.07 Å². The molecular formula is C14H28OSi+. The van der Waals surface area contributed by atoms with E-state index >= 15 is 0 Å². The zero-order valence-corrected chi connectivity index (χ0v) is 12.8. The normalized spacial score (nSPS) is 29.4. The molecule has 1 rings (SSSR count). The summed E-state index contributed by atoms with van der Waals surface area (Å²) in [7, 11) is 0.845. The van der Waals surface area contributed by atoms with Gasteiger partial charge >= 0.3 is 0 Å². The van der Waals surface area contributed by atoms with Crippen molar-refractivity contribution in [1.29, 1.82) is 0 Å². The minimum Gasteiger partial charge on any atom is -0.200 e. The molecule has 16 heavy (non-hydrogen) atoms. The highest BCUT2D eigenvalue weighted by Gasteiger charge is 2.44. The highest BCUT2D eigenvalue weighted by Crippen LogP contribution is 2.48. The molecule has 93 valence electrons. The van der Waals surface area contributed by atoms with Gasteiger partial charge in [0.2, 0.25) is 6.61 Å². The lowest BCUT2D eigenvalue weighted by atomic mass is 9.90. The molecule has 0 saturated heterocycles. The summed E-state index contributed by atoms with van der Waals surface area (Å²) in [5.74, 6) is 1.37. The zero-order valence-electron chi connectivity index (χ0n) is 11.8. The van der Waals surface area contributed by atoms with E-state index in [4.69, 9.17) is 4.74 Å². The molecule has 1 fully saturated rings. The van der Waals surface area contributed by atoms with Gasteiger partial charge in [0, 0.05) is 14.0 Å². The Morgan fingerprint density at radius 1 is 1.31 bits per heavy atom. The average molecular weight is 240 g/mol. The van der Waals surface area contributed by atoms with Crippen molar-refractivity contribution in [3.63, 3.8) is 0 Å². The van der Waals surface area contributed by atoms with Crippen LogP contribution in [0.3, 0.4) is 0 Å². The zero-order chi connectivity index (χ0) is 12.4. The second kappa shape index (κ2) is 5.13. The lowest BCUT2D eigenvalue weighted by Crippen LogP contribution is -2.22. The number of rotatable bonds is 5. The van der Waals surface area contributed by atoms with Gasteiger partial charge in [-0.1, -0.05) is 39.5 Å². The molecule has 1 radical (unpaired) electrons. The van der Waals surface area contributed by atoms with Crippen molar-refractivity contribution in [3.8, 4) is 0 Å². The summed E-state index contributed by atoms with van der Waals surface area (Å²) in [5, 5.41) is 0. The first kappa shape index (κ1) is 14.1. The van der Waals surface area contributed by atoms with E-state index in [-0.39, 0.29) is 0 Å².